The Hall–Kier alpha value is -2.54. The van der Waals surface area contributed by atoms with Gasteiger partial charge in [-0.2, -0.15) is 0 Å². The summed E-state index contributed by atoms with van der Waals surface area (Å²) in [6.45, 7) is 8.15. The van der Waals surface area contributed by atoms with Crippen LogP contribution in [0, 0.1) is 12.8 Å². The number of benzene rings is 2. The fourth-order valence-corrected chi connectivity index (χ4v) is 4.57. The van der Waals surface area contributed by atoms with Gasteiger partial charge in [-0.1, -0.05) is 25.1 Å². The zero-order valence-electron chi connectivity index (χ0n) is 18.1. The van der Waals surface area contributed by atoms with E-state index in [0.29, 0.717) is 22.7 Å². The van der Waals surface area contributed by atoms with E-state index in [0.717, 1.165) is 24.9 Å². The third-order valence-corrected chi connectivity index (χ3v) is 6.23. The molecule has 0 aromatic heterocycles. The summed E-state index contributed by atoms with van der Waals surface area (Å²) in [7, 11) is -3.41. The highest BCUT2D eigenvalue weighted by atomic mass is 32.2. The standard InChI is InChI=1S/C23H31N3O3S/c1-16-7-6-14-26(15-16)20-12-10-19(11-13-20)18(3)24-23(27)21-8-5-9-22(17(21)2)25-30(4,28)29/h5,8-13,16,18,25H,6-7,14-15H2,1-4H3,(H,24,27)/t16-,18-/m0/s1. The van der Waals surface area contributed by atoms with Crippen molar-refractivity contribution in [2.75, 3.05) is 29.0 Å². The molecule has 0 bridgehead atoms. The summed E-state index contributed by atoms with van der Waals surface area (Å²) in [5.41, 5.74) is 3.72. The van der Waals surface area contributed by atoms with Gasteiger partial charge in [-0.15, -0.1) is 0 Å². The molecule has 30 heavy (non-hydrogen) atoms. The molecule has 0 saturated carbocycles. The second-order valence-corrected chi connectivity index (χ2v) is 10.1. The first-order valence-electron chi connectivity index (χ1n) is 10.4. The molecule has 1 aliphatic rings. The molecule has 0 aliphatic carbocycles. The first-order chi connectivity index (χ1) is 14.1. The summed E-state index contributed by atoms with van der Waals surface area (Å²) >= 11 is 0. The summed E-state index contributed by atoms with van der Waals surface area (Å²) < 4.78 is 25.5. The quantitative estimate of drug-likeness (QED) is 0.725. The maximum atomic E-state index is 12.8. The number of carbonyl (C=O) groups is 1. The number of nitrogens with zero attached hydrogens (tertiary/aromatic N) is 1. The normalized spacial score (nSPS) is 18.0. The molecule has 2 atom stereocenters. The number of rotatable bonds is 6. The first-order valence-corrected chi connectivity index (χ1v) is 12.3. The van der Waals surface area contributed by atoms with E-state index < -0.39 is 10.0 Å². The zero-order valence-corrected chi connectivity index (χ0v) is 18.9. The van der Waals surface area contributed by atoms with Crippen LogP contribution in [0.15, 0.2) is 42.5 Å². The van der Waals surface area contributed by atoms with E-state index in [4.69, 9.17) is 0 Å². The van der Waals surface area contributed by atoms with Crippen molar-refractivity contribution >= 4 is 27.3 Å². The number of nitrogens with one attached hydrogen (secondary N) is 2. The molecule has 2 N–H and O–H groups in total. The Kier molecular flexibility index (Phi) is 6.71. The number of anilines is 2. The third kappa shape index (κ3) is 5.53. The lowest BCUT2D eigenvalue weighted by molar-refractivity contribution is 0.0939. The highest BCUT2D eigenvalue weighted by Gasteiger charge is 2.18. The molecule has 1 saturated heterocycles. The molecule has 1 aliphatic heterocycles. The second kappa shape index (κ2) is 9.08. The van der Waals surface area contributed by atoms with Crippen LogP contribution < -0.4 is 14.9 Å². The SMILES string of the molecule is Cc1c(NS(C)(=O)=O)cccc1C(=O)N[C@@H](C)c1ccc(N2CCC[C@H](C)C2)cc1. The molecule has 3 rings (SSSR count). The van der Waals surface area contributed by atoms with Crippen molar-refractivity contribution < 1.29 is 13.2 Å². The Labute approximate surface area is 179 Å². The number of sulfonamides is 1. The molecule has 0 spiro atoms. The minimum atomic E-state index is -3.41. The van der Waals surface area contributed by atoms with E-state index in [1.807, 2.05) is 6.92 Å². The average molecular weight is 430 g/mol. The zero-order chi connectivity index (χ0) is 21.9. The van der Waals surface area contributed by atoms with Gasteiger partial charge in [0, 0.05) is 24.3 Å². The summed E-state index contributed by atoms with van der Waals surface area (Å²) in [4.78, 5) is 15.2. The molecular weight excluding hydrogens is 398 g/mol. The van der Waals surface area contributed by atoms with Crippen molar-refractivity contribution in [2.45, 2.75) is 39.7 Å². The highest BCUT2D eigenvalue weighted by molar-refractivity contribution is 7.92. The van der Waals surface area contributed by atoms with Gasteiger partial charge in [0.1, 0.15) is 0 Å². The molecule has 162 valence electrons. The van der Waals surface area contributed by atoms with Crippen molar-refractivity contribution in [3.05, 3.63) is 59.2 Å². The van der Waals surface area contributed by atoms with Gasteiger partial charge in [-0.3, -0.25) is 9.52 Å². The van der Waals surface area contributed by atoms with Gasteiger partial charge < -0.3 is 10.2 Å². The lowest BCUT2D eigenvalue weighted by atomic mass is 9.99. The molecule has 1 heterocycles. The lowest BCUT2D eigenvalue weighted by Crippen LogP contribution is -2.34. The molecule has 2 aromatic rings. The summed E-state index contributed by atoms with van der Waals surface area (Å²) in [5, 5.41) is 3.02. The number of amides is 1. The van der Waals surface area contributed by atoms with Crippen LogP contribution in [0.25, 0.3) is 0 Å². The number of carbonyl (C=O) groups excluding carboxylic acids is 1. The second-order valence-electron chi connectivity index (χ2n) is 8.33. The van der Waals surface area contributed by atoms with Crippen LogP contribution in [0.2, 0.25) is 0 Å². The van der Waals surface area contributed by atoms with E-state index in [9.17, 15) is 13.2 Å². The van der Waals surface area contributed by atoms with Gasteiger partial charge in [0.05, 0.1) is 18.0 Å². The number of hydrogen-bond acceptors (Lipinski definition) is 4. The predicted octanol–water partition coefficient (Wildman–Crippen LogP) is 4.09. The monoisotopic (exact) mass is 429 g/mol. The summed E-state index contributed by atoms with van der Waals surface area (Å²) in [6, 6.07) is 13.2. The van der Waals surface area contributed by atoms with Crippen LogP contribution in [0.4, 0.5) is 11.4 Å². The highest BCUT2D eigenvalue weighted by Crippen LogP contribution is 2.25. The van der Waals surface area contributed by atoms with Crippen LogP contribution in [0.1, 0.15) is 54.2 Å². The number of piperidine rings is 1. The molecular formula is C23H31N3O3S. The molecule has 0 radical (unpaired) electrons. The molecule has 1 amide bonds. The van der Waals surface area contributed by atoms with Gasteiger partial charge in [0.25, 0.3) is 5.91 Å². The Bertz CT molecular complexity index is 1000. The fraction of sp³-hybridized carbons (Fsp3) is 0.435. The van der Waals surface area contributed by atoms with Crippen molar-refractivity contribution in [3.8, 4) is 0 Å². The smallest absolute Gasteiger partial charge is 0.252 e. The first kappa shape index (κ1) is 22.2. The molecule has 7 heteroatoms. The molecule has 0 unspecified atom stereocenters. The van der Waals surface area contributed by atoms with Crippen LogP contribution in [0.3, 0.4) is 0 Å². The Morgan fingerprint density at radius 1 is 1.17 bits per heavy atom. The topological polar surface area (TPSA) is 78.5 Å². The van der Waals surface area contributed by atoms with Crippen molar-refractivity contribution in [1.82, 2.24) is 5.32 Å². The minimum absolute atomic E-state index is 0.169. The lowest BCUT2D eigenvalue weighted by Gasteiger charge is -2.33. The van der Waals surface area contributed by atoms with Crippen molar-refractivity contribution in [1.29, 1.82) is 0 Å². The van der Waals surface area contributed by atoms with Crippen LogP contribution in [0.5, 0.6) is 0 Å². The van der Waals surface area contributed by atoms with Gasteiger partial charge in [-0.05, 0) is 68.0 Å². The minimum Gasteiger partial charge on any atom is -0.371 e. The van der Waals surface area contributed by atoms with E-state index >= 15 is 0 Å². The van der Waals surface area contributed by atoms with Crippen molar-refractivity contribution in [3.63, 3.8) is 0 Å². The van der Waals surface area contributed by atoms with Crippen LogP contribution in [-0.4, -0.2) is 33.7 Å². The third-order valence-electron chi connectivity index (χ3n) is 5.64. The fourth-order valence-electron chi connectivity index (χ4n) is 3.95. The average Bonchev–Trinajstić information content (AvgIpc) is 2.68. The van der Waals surface area contributed by atoms with Crippen LogP contribution in [-0.2, 0) is 10.0 Å². The van der Waals surface area contributed by atoms with Gasteiger partial charge >= 0.3 is 0 Å². The Morgan fingerprint density at radius 3 is 2.50 bits per heavy atom. The molecule has 6 nitrogen and oxygen atoms in total. The summed E-state index contributed by atoms with van der Waals surface area (Å²) in [6.07, 6.45) is 3.61. The van der Waals surface area contributed by atoms with Gasteiger partial charge in [0.2, 0.25) is 10.0 Å². The number of hydrogen-bond donors (Lipinski definition) is 2. The summed E-state index contributed by atoms with van der Waals surface area (Å²) in [5.74, 6) is 0.485. The van der Waals surface area contributed by atoms with E-state index in [1.54, 1.807) is 25.1 Å². The molecule has 2 aromatic carbocycles. The predicted molar refractivity (Wildman–Crippen MR) is 123 cm³/mol. The van der Waals surface area contributed by atoms with E-state index in [2.05, 4.69) is 46.1 Å². The van der Waals surface area contributed by atoms with E-state index in [-0.39, 0.29) is 11.9 Å². The van der Waals surface area contributed by atoms with Crippen LogP contribution >= 0.6 is 0 Å². The van der Waals surface area contributed by atoms with Gasteiger partial charge in [-0.25, -0.2) is 8.42 Å². The Morgan fingerprint density at radius 2 is 1.87 bits per heavy atom. The maximum Gasteiger partial charge on any atom is 0.252 e. The van der Waals surface area contributed by atoms with E-state index in [1.165, 1.54) is 18.5 Å². The van der Waals surface area contributed by atoms with Crippen molar-refractivity contribution in [2.24, 2.45) is 5.92 Å². The van der Waals surface area contributed by atoms with Gasteiger partial charge in [0.15, 0.2) is 0 Å². The molecule has 1 fully saturated rings. The largest absolute Gasteiger partial charge is 0.371 e. The Balaban J connectivity index is 1.69. The maximum absolute atomic E-state index is 12.8.